The van der Waals surface area contributed by atoms with Crippen molar-refractivity contribution < 1.29 is 0 Å². The molecule has 0 radical (unpaired) electrons. The van der Waals surface area contributed by atoms with Crippen LogP contribution in [0.25, 0.3) is 0 Å². The van der Waals surface area contributed by atoms with Gasteiger partial charge in [0.1, 0.15) is 0 Å². The average molecular weight is 411 g/mol. The number of H-pyrrole nitrogens is 1. The number of nitrogens with one attached hydrogen (secondary N) is 2. The average Bonchev–Trinajstić information content (AvgIpc) is 2.63. The molecule has 1 aliphatic rings. The lowest BCUT2D eigenvalue weighted by Gasteiger charge is -2.27. The lowest BCUT2D eigenvalue weighted by molar-refractivity contribution is 0.242. The molecule has 0 saturated carbocycles. The molecule has 132 valence electrons. The summed E-state index contributed by atoms with van der Waals surface area (Å²) in [6.07, 6.45) is 0.777. The number of fused-ring (bicyclic) bond motifs is 1. The zero-order valence-electron chi connectivity index (χ0n) is 14.2. The molecule has 0 aliphatic carbocycles. The van der Waals surface area contributed by atoms with Crippen molar-refractivity contribution in [2.75, 3.05) is 11.9 Å². The fraction of sp³-hybridized carbons (Fsp3) is 0.200. The molecule has 0 unspecified atom stereocenters. The summed E-state index contributed by atoms with van der Waals surface area (Å²) in [5, 5.41) is 3.18. The number of nitrogens with zero attached hydrogens (tertiary/aromatic N) is 2. The summed E-state index contributed by atoms with van der Waals surface area (Å²) in [5.74, 6) is 0.489. The second-order valence-corrected chi connectivity index (χ2v) is 7.34. The predicted octanol–water partition coefficient (Wildman–Crippen LogP) is 3.83. The van der Waals surface area contributed by atoms with Gasteiger partial charge < -0.3 is 5.32 Å². The third-order valence-corrected chi connectivity index (χ3v) is 4.98. The van der Waals surface area contributed by atoms with Crippen LogP contribution < -0.4 is 10.9 Å². The van der Waals surface area contributed by atoms with Crippen LogP contribution in [0, 0.1) is 0 Å². The van der Waals surface area contributed by atoms with E-state index in [9.17, 15) is 4.79 Å². The third-order valence-electron chi connectivity index (χ3n) is 4.48. The second kappa shape index (κ2) is 7.43. The highest BCUT2D eigenvalue weighted by Gasteiger charge is 2.21. The van der Waals surface area contributed by atoms with Gasteiger partial charge in [0, 0.05) is 36.2 Å². The molecular formula is C20H19BrN4O. The van der Waals surface area contributed by atoms with Crippen LogP contribution in [0.4, 0.5) is 11.6 Å². The summed E-state index contributed by atoms with van der Waals surface area (Å²) in [4.78, 5) is 22.4. The molecule has 1 aliphatic heterocycles. The van der Waals surface area contributed by atoms with Gasteiger partial charge >= 0.3 is 0 Å². The van der Waals surface area contributed by atoms with Gasteiger partial charge in [-0.05, 0) is 23.8 Å². The van der Waals surface area contributed by atoms with E-state index in [1.165, 1.54) is 5.56 Å². The van der Waals surface area contributed by atoms with Crippen molar-refractivity contribution >= 4 is 27.6 Å². The van der Waals surface area contributed by atoms with Gasteiger partial charge in [-0.25, -0.2) is 4.98 Å². The normalized spacial score (nSPS) is 14.0. The van der Waals surface area contributed by atoms with Crippen molar-refractivity contribution in [3.8, 4) is 0 Å². The molecule has 2 aromatic carbocycles. The summed E-state index contributed by atoms with van der Waals surface area (Å²) >= 11 is 3.45. The number of aromatic amines is 1. The van der Waals surface area contributed by atoms with Crippen LogP contribution in [-0.2, 0) is 19.5 Å². The van der Waals surface area contributed by atoms with Crippen molar-refractivity contribution in [3.63, 3.8) is 0 Å². The maximum absolute atomic E-state index is 12.6. The van der Waals surface area contributed by atoms with Crippen LogP contribution in [0.2, 0.25) is 0 Å². The zero-order valence-corrected chi connectivity index (χ0v) is 15.8. The lowest BCUT2D eigenvalue weighted by Crippen LogP contribution is -2.35. The Labute approximate surface area is 160 Å². The van der Waals surface area contributed by atoms with E-state index in [-0.39, 0.29) is 5.56 Å². The largest absolute Gasteiger partial charge is 0.326 e. The van der Waals surface area contributed by atoms with Crippen LogP contribution in [-0.4, -0.2) is 21.4 Å². The van der Waals surface area contributed by atoms with Gasteiger partial charge in [-0.2, -0.15) is 0 Å². The Morgan fingerprint density at radius 2 is 2.00 bits per heavy atom. The summed E-state index contributed by atoms with van der Waals surface area (Å²) in [6.45, 7) is 2.37. The van der Waals surface area contributed by atoms with Crippen LogP contribution in [0.3, 0.4) is 0 Å². The number of aromatic nitrogens is 2. The highest BCUT2D eigenvalue weighted by molar-refractivity contribution is 9.10. The van der Waals surface area contributed by atoms with Gasteiger partial charge in [-0.1, -0.05) is 52.3 Å². The molecule has 5 nitrogen and oxygen atoms in total. The number of halogens is 1. The first-order valence-corrected chi connectivity index (χ1v) is 9.37. The molecule has 26 heavy (non-hydrogen) atoms. The number of rotatable bonds is 4. The molecule has 3 aromatic rings. The molecule has 0 bridgehead atoms. The summed E-state index contributed by atoms with van der Waals surface area (Å²) < 4.78 is 0.972. The summed E-state index contributed by atoms with van der Waals surface area (Å²) in [6, 6.07) is 18.1. The van der Waals surface area contributed by atoms with Crippen LogP contribution in [0.5, 0.6) is 0 Å². The van der Waals surface area contributed by atoms with Crippen molar-refractivity contribution in [1.29, 1.82) is 0 Å². The SMILES string of the molecule is O=c1[nH]c(Nc2cccc(Br)c2)nc2c1CN(Cc1ccccc1)CC2. The number of hydrogen-bond donors (Lipinski definition) is 2. The smallest absolute Gasteiger partial charge is 0.257 e. The van der Waals surface area contributed by atoms with Crippen molar-refractivity contribution in [1.82, 2.24) is 14.9 Å². The highest BCUT2D eigenvalue weighted by Crippen LogP contribution is 2.20. The van der Waals surface area contributed by atoms with Gasteiger partial charge in [0.05, 0.1) is 11.3 Å². The molecular weight excluding hydrogens is 392 g/mol. The second-order valence-electron chi connectivity index (χ2n) is 6.42. The molecule has 0 fully saturated rings. The standard InChI is InChI=1S/C20H19BrN4O/c21-15-7-4-8-16(11-15)22-20-23-18-9-10-25(13-17(18)19(26)24-20)12-14-5-2-1-3-6-14/h1-8,11H,9-10,12-13H2,(H2,22,23,24,26). The maximum Gasteiger partial charge on any atom is 0.257 e. The van der Waals surface area contributed by atoms with Crippen LogP contribution in [0.1, 0.15) is 16.8 Å². The van der Waals surface area contributed by atoms with Gasteiger partial charge in [0.15, 0.2) is 0 Å². The third kappa shape index (κ3) is 3.86. The minimum absolute atomic E-state index is 0.0646. The molecule has 6 heteroatoms. The zero-order chi connectivity index (χ0) is 17.9. The fourth-order valence-electron chi connectivity index (χ4n) is 3.22. The van der Waals surface area contributed by atoms with Gasteiger partial charge in [0.2, 0.25) is 5.95 Å². The molecule has 0 amide bonds. The van der Waals surface area contributed by atoms with Crippen molar-refractivity contribution in [2.45, 2.75) is 19.5 Å². The molecule has 2 N–H and O–H groups in total. The van der Waals surface area contributed by atoms with E-state index in [0.29, 0.717) is 12.5 Å². The first kappa shape index (κ1) is 17.0. The molecule has 0 spiro atoms. The molecule has 0 saturated heterocycles. The van der Waals surface area contributed by atoms with E-state index in [2.05, 4.69) is 48.2 Å². The van der Waals surface area contributed by atoms with E-state index in [0.717, 1.165) is 40.9 Å². The molecule has 2 heterocycles. The van der Waals surface area contributed by atoms with E-state index in [1.54, 1.807) is 0 Å². The molecule has 4 rings (SSSR count). The molecule has 1 aromatic heterocycles. The van der Waals surface area contributed by atoms with Crippen molar-refractivity contribution in [2.24, 2.45) is 0 Å². The van der Waals surface area contributed by atoms with E-state index in [4.69, 9.17) is 0 Å². The number of benzene rings is 2. The van der Waals surface area contributed by atoms with Crippen LogP contribution >= 0.6 is 15.9 Å². The monoisotopic (exact) mass is 410 g/mol. The Hall–Kier alpha value is -2.44. The van der Waals surface area contributed by atoms with Crippen LogP contribution in [0.15, 0.2) is 63.9 Å². The molecule has 0 atom stereocenters. The Bertz CT molecular complexity index is 971. The number of anilines is 2. The summed E-state index contributed by atoms with van der Waals surface area (Å²) in [5.41, 5.74) is 3.73. The van der Waals surface area contributed by atoms with E-state index in [1.807, 2.05) is 42.5 Å². The quantitative estimate of drug-likeness (QED) is 0.685. The van der Waals surface area contributed by atoms with Gasteiger partial charge in [0.25, 0.3) is 5.56 Å². The number of hydrogen-bond acceptors (Lipinski definition) is 4. The van der Waals surface area contributed by atoms with Gasteiger partial charge in [-0.3, -0.25) is 14.7 Å². The Balaban J connectivity index is 1.52. The first-order valence-electron chi connectivity index (χ1n) is 8.58. The van der Waals surface area contributed by atoms with E-state index >= 15 is 0 Å². The highest BCUT2D eigenvalue weighted by atomic mass is 79.9. The summed E-state index contributed by atoms with van der Waals surface area (Å²) in [7, 11) is 0. The Morgan fingerprint density at radius 1 is 1.15 bits per heavy atom. The van der Waals surface area contributed by atoms with Crippen molar-refractivity contribution in [3.05, 3.63) is 86.2 Å². The topological polar surface area (TPSA) is 61.0 Å². The van der Waals surface area contributed by atoms with E-state index < -0.39 is 0 Å². The first-order chi connectivity index (χ1) is 12.7. The predicted molar refractivity (Wildman–Crippen MR) is 107 cm³/mol. The minimum Gasteiger partial charge on any atom is -0.326 e. The maximum atomic E-state index is 12.6. The lowest BCUT2D eigenvalue weighted by atomic mass is 10.1. The Kier molecular flexibility index (Phi) is 4.86. The Morgan fingerprint density at radius 3 is 2.81 bits per heavy atom. The fourth-order valence-corrected chi connectivity index (χ4v) is 3.62. The van der Waals surface area contributed by atoms with Gasteiger partial charge in [-0.15, -0.1) is 0 Å². The minimum atomic E-state index is -0.0646.